The number of nitrogens with one attached hydrogen (secondary N) is 1. The van der Waals surface area contributed by atoms with Crippen molar-refractivity contribution in [2.24, 2.45) is 0 Å². The summed E-state index contributed by atoms with van der Waals surface area (Å²) in [7, 11) is 1.64. The molecule has 2 unspecified atom stereocenters. The average Bonchev–Trinajstić information content (AvgIpc) is 2.85. The van der Waals surface area contributed by atoms with E-state index in [4.69, 9.17) is 9.47 Å². The SMILES string of the molecule is CCCNCc1ccc(OC)c(OC2CCCC2O)c1. The Labute approximate surface area is 121 Å². The maximum absolute atomic E-state index is 9.88. The minimum atomic E-state index is -0.360. The van der Waals surface area contributed by atoms with Gasteiger partial charge >= 0.3 is 0 Å². The fraction of sp³-hybridized carbons (Fsp3) is 0.625. The van der Waals surface area contributed by atoms with Crippen molar-refractivity contribution in [2.45, 2.75) is 51.4 Å². The van der Waals surface area contributed by atoms with Gasteiger partial charge in [-0.3, -0.25) is 0 Å². The fourth-order valence-electron chi connectivity index (χ4n) is 2.54. The van der Waals surface area contributed by atoms with Crippen LogP contribution in [0.3, 0.4) is 0 Å². The predicted molar refractivity (Wildman–Crippen MR) is 79.3 cm³/mol. The summed E-state index contributed by atoms with van der Waals surface area (Å²) in [6.07, 6.45) is 3.40. The smallest absolute Gasteiger partial charge is 0.162 e. The molecule has 0 aromatic heterocycles. The Bertz CT molecular complexity index is 422. The lowest BCUT2D eigenvalue weighted by Crippen LogP contribution is -2.26. The second-order valence-corrected chi connectivity index (χ2v) is 5.32. The Hall–Kier alpha value is -1.26. The van der Waals surface area contributed by atoms with Crippen molar-refractivity contribution in [1.82, 2.24) is 5.32 Å². The number of hydrogen-bond acceptors (Lipinski definition) is 4. The highest BCUT2D eigenvalue weighted by Crippen LogP contribution is 2.32. The molecule has 1 aliphatic carbocycles. The molecule has 0 radical (unpaired) electrons. The minimum absolute atomic E-state index is 0.109. The fourth-order valence-corrected chi connectivity index (χ4v) is 2.54. The standard InChI is InChI=1S/C16H25NO3/c1-3-9-17-11-12-7-8-15(19-2)16(10-12)20-14-6-4-5-13(14)18/h7-8,10,13-14,17-18H,3-6,9,11H2,1-2H3. The first-order valence-electron chi connectivity index (χ1n) is 7.47. The molecule has 1 saturated carbocycles. The summed E-state index contributed by atoms with van der Waals surface area (Å²) in [5.41, 5.74) is 1.17. The molecule has 0 bridgehead atoms. The van der Waals surface area contributed by atoms with Crippen LogP contribution in [0.25, 0.3) is 0 Å². The molecule has 112 valence electrons. The number of aliphatic hydroxyl groups excluding tert-OH is 1. The Kier molecular flexibility index (Phi) is 5.68. The monoisotopic (exact) mass is 279 g/mol. The van der Waals surface area contributed by atoms with Crippen LogP contribution in [0.4, 0.5) is 0 Å². The topological polar surface area (TPSA) is 50.7 Å². The van der Waals surface area contributed by atoms with Crippen LogP contribution in [0.15, 0.2) is 18.2 Å². The summed E-state index contributed by atoms with van der Waals surface area (Å²) >= 11 is 0. The molecule has 2 rings (SSSR count). The second-order valence-electron chi connectivity index (χ2n) is 5.32. The van der Waals surface area contributed by atoms with Crippen LogP contribution in [0, 0.1) is 0 Å². The zero-order valence-electron chi connectivity index (χ0n) is 12.4. The van der Waals surface area contributed by atoms with Crippen molar-refractivity contribution in [3.05, 3.63) is 23.8 Å². The van der Waals surface area contributed by atoms with Gasteiger partial charge in [-0.1, -0.05) is 13.0 Å². The molecule has 1 aromatic rings. The largest absolute Gasteiger partial charge is 0.493 e. The zero-order valence-corrected chi connectivity index (χ0v) is 12.4. The highest BCUT2D eigenvalue weighted by atomic mass is 16.5. The Morgan fingerprint density at radius 1 is 1.30 bits per heavy atom. The van der Waals surface area contributed by atoms with E-state index in [1.54, 1.807) is 7.11 Å². The number of rotatable bonds is 7. The quantitative estimate of drug-likeness (QED) is 0.753. The number of hydrogen-bond donors (Lipinski definition) is 2. The van der Waals surface area contributed by atoms with Crippen molar-refractivity contribution in [3.8, 4) is 11.5 Å². The molecule has 1 aromatic carbocycles. The lowest BCUT2D eigenvalue weighted by atomic mass is 10.2. The molecule has 4 nitrogen and oxygen atoms in total. The molecule has 0 aliphatic heterocycles. The maximum atomic E-state index is 9.88. The highest BCUT2D eigenvalue weighted by molar-refractivity contribution is 5.43. The van der Waals surface area contributed by atoms with E-state index in [0.717, 1.165) is 50.3 Å². The van der Waals surface area contributed by atoms with E-state index in [2.05, 4.69) is 12.2 Å². The lowest BCUT2D eigenvalue weighted by molar-refractivity contribution is 0.0585. The van der Waals surface area contributed by atoms with Gasteiger partial charge in [0.1, 0.15) is 6.10 Å². The van der Waals surface area contributed by atoms with E-state index < -0.39 is 0 Å². The van der Waals surface area contributed by atoms with Gasteiger partial charge < -0.3 is 19.9 Å². The number of methoxy groups -OCH3 is 1. The summed E-state index contributed by atoms with van der Waals surface area (Å²) in [5.74, 6) is 1.46. The summed E-state index contributed by atoms with van der Waals surface area (Å²) in [5, 5.41) is 13.3. The van der Waals surface area contributed by atoms with Gasteiger partial charge in [0.15, 0.2) is 11.5 Å². The van der Waals surface area contributed by atoms with Gasteiger partial charge in [0.2, 0.25) is 0 Å². The van der Waals surface area contributed by atoms with Gasteiger partial charge in [-0.25, -0.2) is 0 Å². The number of aliphatic hydroxyl groups is 1. The molecule has 2 atom stereocenters. The first-order valence-corrected chi connectivity index (χ1v) is 7.47. The van der Waals surface area contributed by atoms with Crippen LogP contribution in [0.2, 0.25) is 0 Å². The Morgan fingerprint density at radius 3 is 2.80 bits per heavy atom. The van der Waals surface area contributed by atoms with E-state index in [-0.39, 0.29) is 12.2 Å². The van der Waals surface area contributed by atoms with Crippen LogP contribution in [-0.4, -0.2) is 31.0 Å². The number of ether oxygens (including phenoxy) is 2. The van der Waals surface area contributed by atoms with Crippen molar-refractivity contribution < 1.29 is 14.6 Å². The summed E-state index contributed by atoms with van der Waals surface area (Å²) < 4.78 is 11.3. The first kappa shape index (κ1) is 15.1. The number of benzene rings is 1. The third-order valence-corrected chi connectivity index (χ3v) is 3.68. The van der Waals surface area contributed by atoms with Crippen molar-refractivity contribution in [2.75, 3.05) is 13.7 Å². The zero-order chi connectivity index (χ0) is 14.4. The van der Waals surface area contributed by atoms with Gasteiger partial charge in [-0.2, -0.15) is 0 Å². The molecule has 0 heterocycles. The molecule has 4 heteroatoms. The Balaban J connectivity index is 2.05. The molecule has 0 amide bonds. The molecular weight excluding hydrogens is 254 g/mol. The van der Waals surface area contributed by atoms with E-state index in [0.29, 0.717) is 0 Å². The van der Waals surface area contributed by atoms with E-state index >= 15 is 0 Å². The van der Waals surface area contributed by atoms with Gasteiger partial charge in [0.05, 0.1) is 13.2 Å². The minimum Gasteiger partial charge on any atom is -0.493 e. The first-order chi connectivity index (χ1) is 9.74. The van der Waals surface area contributed by atoms with E-state index in [9.17, 15) is 5.11 Å². The normalized spacial score (nSPS) is 21.9. The van der Waals surface area contributed by atoms with Crippen LogP contribution >= 0.6 is 0 Å². The van der Waals surface area contributed by atoms with E-state index in [1.807, 2.05) is 18.2 Å². The summed E-state index contributed by atoms with van der Waals surface area (Å²) in [6, 6.07) is 5.98. The summed E-state index contributed by atoms with van der Waals surface area (Å²) in [4.78, 5) is 0. The van der Waals surface area contributed by atoms with Crippen LogP contribution in [0.5, 0.6) is 11.5 Å². The molecule has 1 aliphatic rings. The van der Waals surface area contributed by atoms with Gasteiger partial charge in [0.25, 0.3) is 0 Å². The summed E-state index contributed by atoms with van der Waals surface area (Å²) in [6.45, 7) is 3.97. The molecular formula is C16H25NO3. The van der Waals surface area contributed by atoms with Crippen LogP contribution < -0.4 is 14.8 Å². The molecule has 2 N–H and O–H groups in total. The van der Waals surface area contributed by atoms with Crippen molar-refractivity contribution >= 4 is 0 Å². The molecule has 20 heavy (non-hydrogen) atoms. The Morgan fingerprint density at radius 2 is 2.15 bits per heavy atom. The molecule has 0 saturated heterocycles. The highest BCUT2D eigenvalue weighted by Gasteiger charge is 2.27. The third kappa shape index (κ3) is 3.87. The third-order valence-electron chi connectivity index (χ3n) is 3.68. The van der Waals surface area contributed by atoms with E-state index in [1.165, 1.54) is 5.56 Å². The van der Waals surface area contributed by atoms with Gasteiger partial charge in [-0.15, -0.1) is 0 Å². The second kappa shape index (κ2) is 7.50. The van der Waals surface area contributed by atoms with Gasteiger partial charge in [-0.05, 0) is 49.9 Å². The van der Waals surface area contributed by atoms with Crippen molar-refractivity contribution in [3.63, 3.8) is 0 Å². The van der Waals surface area contributed by atoms with Crippen molar-refractivity contribution in [1.29, 1.82) is 0 Å². The molecule has 1 fully saturated rings. The molecule has 0 spiro atoms. The average molecular weight is 279 g/mol. The lowest BCUT2D eigenvalue weighted by Gasteiger charge is -2.19. The van der Waals surface area contributed by atoms with Gasteiger partial charge in [0, 0.05) is 6.54 Å². The van der Waals surface area contributed by atoms with Crippen LogP contribution in [-0.2, 0) is 6.54 Å². The maximum Gasteiger partial charge on any atom is 0.162 e. The predicted octanol–water partition coefficient (Wildman–Crippen LogP) is 2.49. The van der Waals surface area contributed by atoms with Crippen LogP contribution in [0.1, 0.15) is 38.2 Å².